The Kier molecular flexibility index (Phi) is 5.74. The molecule has 9 nitrogen and oxygen atoms in total. The van der Waals surface area contributed by atoms with Crippen LogP contribution in [0.1, 0.15) is 58.9 Å². The van der Waals surface area contributed by atoms with Crippen LogP contribution in [0.25, 0.3) is 5.13 Å². The largest absolute Gasteiger partial charge is 0.342 e. The number of aromatic nitrogens is 4. The minimum Gasteiger partial charge on any atom is -0.342 e. The molecule has 32 heavy (non-hydrogen) atoms. The molecule has 0 radical (unpaired) electrons. The predicted octanol–water partition coefficient (Wildman–Crippen LogP) is 2.96. The van der Waals surface area contributed by atoms with Crippen LogP contribution >= 0.6 is 11.3 Å². The minimum atomic E-state index is -3.77. The standard InChI is InChI=1S/C19H16F2N6O3S2/c1-10(17-24-9-25-27(17)19-23-8-13(7-22)31-19)26-18(28)12-4-11(16(20)21)5-15(6-12)32(29,30)14-2-3-14/h4-6,8-10,14,16H,2-3H2,1H3,(H,26,28)/t10-/m0/s1. The fourth-order valence-electron chi connectivity index (χ4n) is 3.07. The smallest absolute Gasteiger partial charge is 0.263 e. The van der Waals surface area contributed by atoms with Crippen LogP contribution in [-0.4, -0.2) is 39.3 Å². The third kappa shape index (κ3) is 4.23. The Morgan fingerprint density at radius 1 is 1.31 bits per heavy atom. The number of nitrogens with zero attached hydrogens (tertiary/aromatic N) is 5. The molecular weight excluding hydrogens is 462 g/mol. The van der Waals surface area contributed by atoms with Crippen molar-refractivity contribution in [2.45, 2.75) is 42.4 Å². The van der Waals surface area contributed by atoms with Crippen LogP contribution in [0.4, 0.5) is 8.78 Å². The molecule has 4 rings (SSSR count). The van der Waals surface area contributed by atoms with Gasteiger partial charge in [-0.3, -0.25) is 4.79 Å². The molecule has 1 amide bonds. The highest BCUT2D eigenvalue weighted by atomic mass is 32.2. The molecule has 1 aliphatic carbocycles. The maximum Gasteiger partial charge on any atom is 0.263 e. The van der Waals surface area contributed by atoms with Gasteiger partial charge in [0, 0.05) is 11.1 Å². The Hall–Kier alpha value is -3.24. The highest BCUT2D eigenvalue weighted by Gasteiger charge is 2.37. The molecule has 0 spiro atoms. The molecule has 0 aliphatic heterocycles. The van der Waals surface area contributed by atoms with Crippen molar-refractivity contribution in [3.05, 3.63) is 52.6 Å². The first-order chi connectivity index (χ1) is 15.2. The van der Waals surface area contributed by atoms with Gasteiger partial charge in [-0.25, -0.2) is 27.2 Å². The molecule has 3 aromatic rings. The van der Waals surface area contributed by atoms with Crippen molar-refractivity contribution < 1.29 is 22.0 Å². The SMILES string of the molecule is C[C@H](NC(=O)c1cc(C(F)F)cc(S(=O)(=O)C2CC2)c1)c1ncnn1-c1ncc(C#N)s1. The van der Waals surface area contributed by atoms with E-state index < -0.39 is 39.0 Å². The fraction of sp³-hybridized carbons (Fsp3) is 0.316. The monoisotopic (exact) mass is 478 g/mol. The number of nitrogens with one attached hydrogen (secondary N) is 1. The van der Waals surface area contributed by atoms with Crippen LogP contribution < -0.4 is 5.32 Å². The second kappa shape index (κ2) is 8.36. The maximum absolute atomic E-state index is 13.4. The molecule has 2 aromatic heterocycles. The molecule has 2 heterocycles. The Balaban J connectivity index is 1.61. The van der Waals surface area contributed by atoms with Crippen molar-refractivity contribution in [1.29, 1.82) is 5.26 Å². The molecular formula is C19H16F2N6O3S2. The van der Waals surface area contributed by atoms with Gasteiger partial charge in [0.05, 0.1) is 22.4 Å². The van der Waals surface area contributed by atoms with Crippen molar-refractivity contribution in [3.63, 3.8) is 0 Å². The summed E-state index contributed by atoms with van der Waals surface area (Å²) in [5, 5.41) is 15.4. The highest BCUT2D eigenvalue weighted by Crippen LogP contribution is 2.35. The van der Waals surface area contributed by atoms with Gasteiger partial charge in [-0.2, -0.15) is 15.0 Å². The first-order valence-corrected chi connectivity index (χ1v) is 11.8. The number of thiazole rings is 1. The molecule has 0 bridgehead atoms. The van der Waals surface area contributed by atoms with Crippen molar-refractivity contribution in [2.24, 2.45) is 0 Å². The number of hydrogen-bond acceptors (Lipinski definition) is 8. The summed E-state index contributed by atoms with van der Waals surface area (Å²) >= 11 is 1.08. The number of carbonyl (C=O) groups is 1. The zero-order chi connectivity index (χ0) is 23.0. The normalized spacial score (nSPS) is 14.8. The van der Waals surface area contributed by atoms with E-state index in [4.69, 9.17) is 5.26 Å². The predicted molar refractivity (Wildman–Crippen MR) is 109 cm³/mol. The lowest BCUT2D eigenvalue weighted by Crippen LogP contribution is -2.29. The number of alkyl halides is 2. The van der Waals surface area contributed by atoms with E-state index in [1.54, 1.807) is 6.92 Å². The van der Waals surface area contributed by atoms with Gasteiger partial charge in [-0.05, 0) is 38.0 Å². The lowest BCUT2D eigenvalue weighted by molar-refractivity contribution is 0.0937. The number of sulfone groups is 1. The van der Waals surface area contributed by atoms with Gasteiger partial charge < -0.3 is 5.32 Å². The van der Waals surface area contributed by atoms with Gasteiger partial charge in [0.2, 0.25) is 5.13 Å². The molecule has 0 unspecified atom stereocenters. The molecule has 166 valence electrons. The number of rotatable bonds is 7. The van der Waals surface area contributed by atoms with E-state index in [1.807, 2.05) is 6.07 Å². The van der Waals surface area contributed by atoms with E-state index in [-0.39, 0.29) is 10.5 Å². The van der Waals surface area contributed by atoms with Gasteiger partial charge in [-0.1, -0.05) is 11.3 Å². The van der Waals surface area contributed by atoms with E-state index >= 15 is 0 Å². The summed E-state index contributed by atoms with van der Waals surface area (Å²) in [5.41, 5.74) is -0.736. The summed E-state index contributed by atoms with van der Waals surface area (Å²) in [6.45, 7) is 1.61. The average Bonchev–Trinajstić information content (AvgIpc) is 3.33. The third-order valence-electron chi connectivity index (χ3n) is 4.83. The number of halogens is 2. The van der Waals surface area contributed by atoms with E-state index in [9.17, 15) is 22.0 Å². The summed E-state index contributed by atoms with van der Waals surface area (Å²) in [4.78, 5) is 21.1. The van der Waals surface area contributed by atoms with Crippen LogP contribution in [-0.2, 0) is 9.84 Å². The second-order valence-electron chi connectivity index (χ2n) is 7.18. The van der Waals surface area contributed by atoms with E-state index in [2.05, 4.69) is 20.4 Å². The van der Waals surface area contributed by atoms with Crippen molar-refractivity contribution in [2.75, 3.05) is 0 Å². The number of nitriles is 1. The topological polar surface area (TPSA) is 131 Å². The third-order valence-corrected chi connectivity index (χ3v) is 7.95. The van der Waals surface area contributed by atoms with Gasteiger partial charge in [0.1, 0.15) is 17.3 Å². The number of hydrogen-bond donors (Lipinski definition) is 1. The average molecular weight is 479 g/mol. The van der Waals surface area contributed by atoms with Gasteiger partial charge in [0.15, 0.2) is 15.7 Å². The molecule has 1 saturated carbocycles. The number of benzene rings is 1. The summed E-state index contributed by atoms with van der Waals surface area (Å²) in [6, 6.07) is 4.26. The molecule has 0 saturated heterocycles. The quantitative estimate of drug-likeness (QED) is 0.552. The van der Waals surface area contributed by atoms with E-state index in [0.29, 0.717) is 28.7 Å². The minimum absolute atomic E-state index is 0.194. The summed E-state index contributed by atoms with van der Waals surface area (Å²) in [6.07, 6.45) is 0.644. The lowest BCUT2D eigenvalue weighted by atomic mass is 10.1. The zero-order valence-electron chi connectivity index (χ0n) is 16.6. The zero-order valence-corrected chi connectivity index (χ0v) is 18.2. The Bertz CT molecular complexity index is 1320. The van der Waals surface area contributed by atoms with Crippen LogP contribution in [0.15, 0.2) is 35.6 Å². The van der Waals surface area contributed by atoms with Gasteiger partial charge >= 0.3 is 0 Å². The fourth-order valence-corrected chi connectivity index (χ4v) is 5.48. The molecule has 1 fully saturated rings. The van der Waals surface area contributed by atoms with Gasteiger partial charge in [0.25, 0.3) is 12.3 Å². The van der Waals surface area contributed by atoms with E-state index in [0.717, 1.165) is 29.5 Å². The Morgan fingerprint density at radius 3 is 2.69 bits per heavy atom. The van der Waals surface area contributed by atoms with Crippen LogP contribution in [0.5, 0.6) is 0 Å². The van der Waals surface area contributed by atoms with Crippen LogP contribution in [0.3, 0.4) is 0 Å². The summed E-state index contributed by atoms with van der Waals surface area (Å²) in [7, 11) is -3.77. The molecule has 1 aromatic carbocycles. The van der Waals surface area contributed by atoms with Crippen LogP contribution in [0, 0.1) is 11.3 Å². The lowest BCUT2D eigenvalue weighted by Gasteiger charge is -2.15. The molecule has 1 aliphatic rings. The van der Waals surface area contributed by atoms with Crippen molar-refractivity contribution in [1.82, 2.24) is 25.1 Å². The molecule has 1 atom stereocenters. The Labute approximate surface area is 185 Å². The van der Waals surface area contributed by atoms with Crippen molar-refractivity contribution in [3.8, 4) is 11.2 Å². The van der Waals surface area contributed by atoms with Crippen LogP contribution in [0.2, 0.25) is 0 Å². The number of amides is 1. The second-order valence-corrected chi connectivity index (χ2v) is 10.4. The first kappa shape index (κ1) is 22.0. The Morgan fingerprint density at radius 2 is 2.06 bits per heavy atom. The number of carbonyl (C=O) groups excluding carboxylic acids is 1. The molecule has 13 heteroatoms. The first-order valence-electron chi connectivity index (χ1n) is 9.45. The van der Waals surface area contributed by atoms with E-state index in [1.165, 1.54) is 17.2 Å². The summed E-state index contributed by atoms with van der Waals surface area (Å²) < 4.78 is 53.2. The van der Waals surface area contributed by atoms with Crippen molar-refractivity contribution >= 4 is 27.1 Å². The summed E-state index contributed by atoms with van der Waals surface area (Å²) in [5.74, 6) is -0.438. The molecule has 1 N–H and O–H groups in total. The van der Waals surface area contributed by atoms with Gasteiger partial charge in [-0.15, -0.1) is 0 Å². The highest BCUT2D eigenvalue weighted by molar-refractivity contribution is 7.92. The maximum atomic E-state index is 13.4.